The third kappa shape index (κ3) is 3.52. The molecule has 1 aromatic carbocycles. The zero-order valence-electron chi connectivity index (χ0n) is 11.2. The quantitative estimate of drug-likeness (QED) is 0.899. The molecule has 1 aliphatic heterocycles. The Morgan fingerprint density at radius 1 is 1.05 bits per heavy atom. The Morgan fingerprint density at radius 3 is 2.65 bits per heavy atom. The third-order valence-electron chi connectivity index (χ3n) is 3.17. The van der Waals surface area contributed by atoms with Gasteiger partial charge in [-0.15, -0.1) is 11.3 Å². The molecule has 2 heterocycles. The van der Waals surface area contributed by atoms with Gasteiger partial charge in [-0.3, -0.25) is 0 Å². The van der Waals surface area contributed by atoms with Gasteiger partial charge in [-0.05, 0) is 29.2 Å². The lowest BCUT2D eigenvalue weighted by molar-refractivity contribution is 0.192. The number of rotatable bonds is 5. The van der Waals surface area contributed by atoms with E-state index in [0.29, 0.717) is 6.61 Å². The highest BCUT2D eigenvalue weighted by Crippen LogP contribution is 2.16. The summed E-state index contributed by atoms with van der Waals surface area (Å²) < 4.78 is 5.81. The maximum atomic E-state index is 5.81. The van der Waals surface area contributed by atoms with Gasteiger partial charge in [0.15, 0.2) is 0 Å². The molecule has 20 heavy (non-hydrogen) atoms. The highest BCUT2D eigenvalue weighted by Gasteiger charge is 2.07. The van der Waals surface area contributed by atoms with E-state index in [1.165, 1.54) is 16.1 Å². The zero-order chi connectivity index (χ0) is 13.6. The van der Waals surface area contributed by atoms with Gasteiger partial charge in [-0.25, -0.2) is 0 Å². The number of hydrogen-bond acceptors (Lipinski definition) is 3. The Hall–Kier alpha value is -2.00. The second-order valence-corrected chi connectivity index (χ2v) is 5.74. The minimum atomic E-state index is 0.627. The molecule has 3 rings (SSSR count). The van der Waals surface area contributed by atoms with E-state index in [-0.39, 0.29) is 0 Å². The minimum Gasteiger partial charge on any atom is -0.491 e. The largest absolute Gasteiger partial charge is 0.491 e. The van der Waals surface area contributed by atoms with Crippen LogP contribution in [0.5, 0.6) is 0 Å². The lowest BCUT2D eigenvalue weighted by atomic mass is 10.2. The molecular weight excluding hydrogens is 266 g/mol. The van der Waals surface area contributed by atoms with Crippen LogP contribution in [0, 0.1) is 0 Å². The van der Waals surface area contributed by atoms with Gasteiger partial charge < -0.3 is 10.1 Å². The van der Waals surface area contributed by atoms with Crippen molar-refractivity contribution in [2.45, 2.75) is 13.0 Å². The summed E-state index contributed by atoms with van der Waals surface area (Å²) in [6.45, 7) is 1.40. The van der Waals surface area contributed by atoms with Gasteiger partial charge in [0, 0.05) is 17.0 Å². The van der Waals surface area contributed by atoms with Gasteiger partial charge in [0.1, 0.15) is 12.4 Å². The van der Waals surface area contributed by atoms with Crippen LogP contribution < -0.4 is 5.32 Å². The van der Waals surface area contributed by atoms with E-state index in [9.17, 15) is 0 Å². The van der Waals surface area contributed by atoms with Crippen molar-refractivity contribution in [1.29, 1.82) is 0 Å². The smallest absolute Gasteiger partial charge is 0.116 e. The summed E-state index contributed by atoms with van der Waals surface area (Å²) in [4.78, 5) is 1.38. The molecule has 1 aliphatic rings. The van der Waals surface area contributed by atoms with Crippen LogP contribution in [0.3, 0.4) is 0 Å². The van der Waals surface area contributed by atoms with Crippen molar-refractivity contribution < 1.29 is 4.74 Å². The van der Waals surface area contributed by atoms with Crippen molar-refractivity contribution in [1.82, 2.24) is 5.32 Å². The summed E-state index contributed by atoms with van der Waals surface area (Å²) in [7, 11) is 0. The van der Waals surface area contributed by atoms with Crippen molar-refractivity contribution >= 4 is 11.3 Å². The fraction of sp³-hybridized carbons (Fsp3) is 0.176. The molecule has 0 fully saturated rings. The van der Waals surface area contributed by atoms with Gasteiger partial charge >= 0.3 is 0 Å². The first-order chi connectivity index (χ1) is 9.90. The van der Waals surface area contributed by atoms with E-state index in [1.807, 2.05) is 18.2 Å². The second-order valence-electron chi connectivity index (χ2n) is 4.71. The monoisotopic (exact) mass is 283 g/mol. The van der Waals surface area contributed by atoms with Crippen LogP contribution in [0.4, 0.5) is 0 Å². The van der Waals surface area contributed by atoms with Crippen LogP contribution in [0.15, 0.2) is 71.5 Å². The number of dihydropyridines is 1. The van der Waals surface area contributed by atoms with E-state index in [1.54, 1.807) is 11.3 Å². The van der Waals surface area contributed by atoms with Crippen LogP contribution >= 0.6 is 11.3 Å². The van der Waals surface area contributed by atoms with E-state index in [2.05, 4.69) is 47.1 Å². The van der Waals surface area contributed by atoms with Crippen LogP contribution in [-0.2, 0) is 17.8 Å². The first kappa shape index (κ1) is 13.0. The molecule has 0 aliphatic carbocycles. The van der Waals surface area contributed by atoms with Gasteiger partial charge in [-0.1, -0.05) is 36.4 Å². The molecule has 1 aromatic heterocycles. The van der Waals surface area contributed by atoms with E-state index < -0.39 is 0 Å². The maximum Gasteiger partial charge on any atom is 0.116 e. The fourth-order valence-corrected chi connectivity index (χ4v) is 2.81. The molecule has 0 unspecified atom stereocenters. The second kappa shape index (κ2) is 6.44. The van der Waals surface area contributed by atoms with Crippen LogP contribution in [0.2, 0.25) is 0 Å². The number of ether oxygens (including phenoxy) is 1. The summed E-state index contributed by atoms with van der Waals surface area (Å²) in [5.74, 6) is 0.990. The number of thiophene rings is 1. The number of allylic oxidation sites excluding steroid dienone is 3. The van der Waals surface area contributed by atoms with E-state index in [0.717, 1.165) is 18.7 Å². The Balaban J connectivity index is 1.55. The molecule has 102 valence electrons. The molecule has 0 spiro atoms. The molecule has 2 nitrogen and oxygen atoms in total. The molecule has 3 heteroatoms. The summed E-state index contributed by atoms with van der Waals surface area (Å²) in [6, 6.07) is 14.5. The predicted molar refractivity (Wildman–Crippen MR) is 83.4 cm³/mol. The SMILES string of the molecule is C1=C(Cc2cccs2)NCC(OCc2ccccc2)=C1. The molecule has 0 saturated heterocycles. The van der Waals surface area contributed by atoms with Crippen LogP contribution in [-0.4, -0.2) is 6.54 Å². The van der Waals surface area contributed by atoms with Crippen molar-refractivity contribution in [2.24, 2.45) is 0 Å². The predicted octanol–water partition coefficient (Wildman–Crippen LogP) is 3.88. The Morgan fingerprint density at radius 2 is 1.95 bits per heavy atom. The highest BCUT2D eigenvalue weighted by atomic mass is 32.1. The summed E-state index contributed by atoms with van der Waals surface area (Å²) in [5.41, 5.74) is 2.45. The topological polar surface area (TPSA) is 21.3 Å². The normalized spacial score (nSPS) is 14.2. The molecular formula is C17H17NOS. The molecule has 0 atom stereocenters. The highest BCUT2D eigenvalue weighted by molar-refractivity contribution is 7.09. The van der Waals surface area contributed by atoms with Gasteiger partial charge in [0.25, 0.3) is 0 Å². The average molecular weight is 283 g/mol. The lowest BCUT2D eigenvalue weighted by Gasteiger charge is -2.17. The molecule has 0 saturated carbocycles. The molecule has 0 amide bonds. The maximum absolute atomic E-state index is 5.81. The number of benzene rings is 1. The van der Waals surface area contributed by atoms with Crippen molar-refractivity contribution in [2.75, 3.05) is 6.54 Å². The zero-order valence-corrected chi connectivity index (χ0v) is 12.0. The van der Waals surface area contributed by atoms with Crippen molar-refractivity contribution in [3.63, 3.8) is 0 Å². The van der Waals surface area contributed by atoms with Crippen molar-refractivity contribution in [3.8, 4) is 0 Å². The molecule has 1 N–H and O–H groups in total. The standard InChI is InChI=1S/C17H17NOS/c1-2-5-14(6-3-1)13-19-16-9-8-15(18-12-16)11-17-7-4-10-20-17/h1-10,18H,11-13H2. The fourth-order valence-electron chi connectivity index (χ4n) is 2.08. The number of hydrogen-bond donors (Lipinski definition) is 1. The van der Waals surface area contributed by atoms with E-state index in [4.69, 9.17) is 4.74 Å². The van der Waals surface area contributed by atoms with Gasteiger partial charge in [-0.2, -0.15) is 0 Å². The average Bonchev–Trinajstić information content (AvgIpc) is 3.01. The summed E-state index contributed by atoms with van der Waals surface area (Å²) in [5, 5.41) is 5.53. The Kier molecular flexibility index (Phi) is 4.19. The molecule has 0 radical (unpaired) electrons. The molecule has 2 aromatic rings. The molecule has 0 bridgehead atoms. The van der Waals surface area contributed by atoms with E-state index >= 15 is 0 Å². The number of nitrogens with one attached hydrogen (secondary N) is 1. The minimum absolute atomic E-state index is 0.627. The van der Waals surface area contributed by atoms with Crippen LogP contribution in [0.1, 0.15) is 10.4 Å². The first-order valence-corrected chi connectivity index (χ1v) is 7.61. The third-order valence-corrected chi connectivity index (χ3v) is 4.05. The first-order valence-electron chi connectivity index (χ1n) is 6.73. The van der Waals surface area contributed by atoms with Crippen LogP contribution in [0.25, 0.3) is 0 Å². The summed E-state index contributed by atoms with van der Waals surface area (Å²) >= 11 is 1.79. The van der Waals surface area contributed by atoms with Gasteiger partial charge in [0.05, 0.1) is 6.54 Å². The summed E-state index contributed by atoms with van der Waals surface area (Å²) in [6.07, 6.45) is 5.16. The lowest BCUT2D eigenvalue weighted by Crippen LogP contribution is -2.22. The van der Waals surface area contributed by atoms with Gasteiger partial charge in [0.2, 0.25) is 0 Å². The Bertz CT molecular complexity index is 599. The Labute approximate surface area is 123 Å². The van der Waals surface area contributed by atoms with Crippen molar-refractivity contribution in [3.05, 3.63) is 81.9 Å².